The summed E-state index contributed by atoms with van der Waals surface area (Å²) in [4.78, 5) is 16.6. The van der Waals surface area contributed by atoms with Crippen molar-refractivity contribution in [3.63, 3.8) is 0 Å². The quantitative estimate of drug-likeness (QED) is 0.204. The van der Waals surface area contributed by atoms with Crippen molar-refractivity contribution in [2.75, 3.05) is 20.1 Å². The molecule has 0 aliphatic heterocycles. The van der Waals surface area contributed by atoms with Crippen molar-refractivity contribution in [1.82, 2.24) is 10.1 Å². The fourth-order valence-electron chi connectivity index (χ4n) is 8.38. The van der Waals surface area contributed by atoms with E-state index in [1.165, 1.54) is 36.7 Å². The number of rotatable bonds is 9. The van der Waals surface area contributed by atoms with Crippen LogP contribution in [-0.4, -0.2) is 43.2 Å². The maximum Gasteiger partial charge on any atom is 0.323 e. The zero-order valence-electron chi connectivity index (χ0n) is 24.2. The number of methoxy groups -OCH3 is 1. The molecular formula is C31H45N2O5P. The van der Waals surface area contributed by atoms with E-state index < -0.39 is 19.5 Å². The minimum Gasteiger partial charge on any atom is -0.465 e. The van der Waals surface area contributed by atoms with E-state index in [1.807, 2.05) is 18.5 Å². The first-order chi connectivity index (χ1) is 18.6. The molecule has 4 aliphatic carbocycles. The number of nitrogens with zero attached hydrogens (tertiary/aromatic N) is 1. The first kappa shape index (κ1) is 28.7. The summed E-state index contributed by atoms with van der Waals surface area (Å²) in [5.74, 6) is 1.55. The summed E-state index contributed by atoms with van der Waals surface area (Å²) < 4.78 is 30.3. The van der Waals surface area contributed by atoms with Gasteiger partial charge < -0.3 is 14.0 Å². The Morgan fingerprint density at radius 3 is 2.69 bits per heavy atom. The standard InChI is InChI=1S/C31H45N2O5P/c1-6-37-29(34)21(2)33-39(35,20-36-5)38-24-13-15-30(3)23(18-24)9-10-25-27-12-11-26(22-8-7-17-32-19-22)31(27,4)16-14-28(25)30/h7-9,11,17,19,21,24-25,27-28H,6,10,12-16,18,20H2,1-5H3,(H,33,35)/t21-,24-,25-,27-,28-,30-,31+,39?/m0/s1. The molecule has 214 valence electrons. The molecule has 1 heterocycles. The molecule has 1 aromatic heterocycles. The van der Waals surface area contributed by atoms with Gasteiger partial charge in [0.1, 0.15) is 12.4 Å². The molecule has 1 N–H and O–H groups in total. The van der Waals surface area contributed by atoms with Gasteiger partial charge in [0.25, 0.3) is 7.52 Å². The lowest BCUT2D eigenvalue weighted by molar-refractivity contribution is -0.144. The van der Waals surface area contributed by atoms with E-state index in [4.69, 9.17) is 14.0 Å². The van der Waals surface area contributed by atoms with E-state index in [0.717, 1.165) is 32.1 Å². The molecule has 0 spiro atoms. The van der Waals surface area contributed by atoms with Crippen LogP contribution >= 0.6 is 7.52 Å². The first-order valence-electron chi connectivity index (χ1n) is 14.6. The number of fused-ring (bicyclic) bond motifs is 5. The second-order valence-electron chi connectivity index (χ2n) is 12.5. The average Bonchev–Trinajstić information content (AvgIpc) is 3.27. The van der Waals surface area contributed by atoms with Gasteiger partial charge in [0.15, 0.2) is 0 Å². The third-order valence-electron chi connectivity index (χ3n) is 10.3. The number of hydrogen-bond acceptors (Lipinski definition) is 6. The number of nitrogens with one attached hydrogen (secondary N) is 1. The lowest BCUT2D eigenvalue weighted by Gasteiger charge is -2.58. The SMILES string of the molecule is CCOC(=O)[C@H](C)NP(=O)(COC)O[C@H]1CC[C@@]2(C)C(=CC[C@@H]3[C@@H]2CC[C@]2(C)C(c4cccnc4)=CC[C@@H]32)C1. The van der Waals surface area contributed by atoms with Crippen molar-refractivity contribution < 1.29 is 23.4 Å². The van der Waals surface area contributed by atoms with Crippen molar-refractivity contribution in [3.05, 3.63) is 47.8 Å². The van der Waals surface area contributed by atoms with Crippen LogP contribution in [0.25, 0.3) is 5.57 Å². The maximum atomic E-state index is 13.7. The van der Waals surface area contributed by atoms with Crippen LogP contribution in [0, 0.1) is 28.6 Å². The minimum atomic E-state index is -3.39. The first-order valence-corrected chi connectivity index (χ1v) is 16.5. The van der Waals surface area contributed by atoms with Crippen LogP contribution in [-0.2, 0) is 23.4 Å². The number of carbonyl (C=O) groups is 1. The Morgan fingerprint density at radius 2 is 1.97 bits per heavy atom. The molecular weight excluding hydrogens is 511 g/mol. The van der Waals surface area contributed by atoms with Gasteiger partial charge in [0.05, 0.1) is 12.7 Å². The summed E-state index contributed by atoms with van der Waals surface area (Å²) >= 11 is 0. The van der Waals surface area contributed by atoms with Gasteiger partial charge in [-0.05, 0) is 105 Å². The van der Waals surface area contributed by atoms with E-state index in [9.17, 15) is 9.36 Å². The molecule has 0 saturated heterocycles. The number of aromatic nitrogens is 1. The largest absolute Gasteiger partial charge is 0.465 e. The molecule has 39 heavy (non-hydrogen) atoms. The highest BCUT2D eigenvalue weighted by Crippen LogP contribution is 2.66. The number of carbonyl (C=O) groups excluding carboxylic acids is 1. The molecule has 1 aromatic rings. The third-order valence-corrected chi connectivity index (χ3v) is 12.3. The fourth-order valence-corrected chi connectivity index (χ4v) is 10.3. The van der Waals surface area contributed by atoms with Crippen LogP contribution in [0.1, 0.15) is 78.2 Å². The van der Waals surface area contributed by atoms with Crippen molar-refractivity contribution >= 4 is 19.1 Å². The Labute approximate surface area is 233 Å². The Bertz CT molecular complexity index is 1170. The van der Waals surface area contributed by atoms with Gasteiger partial charge in [0.2, 0.25) is 0 Å². The van der Waals surface area contributed by atoms with E-state index in [0.29, 0.717) is 17.8 Å². The predicted molar refractivity (Wildman–Crippen MR) is 153 cm³/mol. The van der Waals surface area contributed by atoms with Crippen molar-refractivity contribution in [2.45, 2.75) is 84.8 Å². The minimum absolute atomic E-state index is 0.0825. The van der Waals surface area contributed by atoms with Crippen LogP contribution < -0.4 is 5.09 Å². The molecule has 0 amide bonds. The highest BCUT2D eigenvalue weighted by atomic mass is 31.2. The number of ether oxygens (including phenoxy) is 2. The number of allylic oxidation sites excluding steroid dienone is 3. The molecule has 8 heteroatoms. The number of esters is 1. The fraction of sp³-hybridized carbons (Fsp3) is 0.677. The van der Waals surface area contributed by atoms with E-state index in [1.54, 1.807) is 13.8 Å². The molecule has 0 bridgehead atoms. The topological polar surface area (TPSA) is 86.8 Å². The summed E-state index contributed by atoms with van der Waals surface area (Å²) in [6.45, 7) is 8.64. The molecule has 0 aromatic carbocycles. The highest BCUT2D eigenvalue weighted by molar-refractivity contribution is 7.56. The van der Waals surface area contributed by atoms with Gasteiger partial charge in [-0.3, -0.25) is 14.3 Å². The second kappa shape index (κ2) is 11.2. The van der Waals surface area contributed by atoms with Gasteiger partial charge in [0, 0.05) is 19.5 Å². The molecule has 0 radical (unpaired) electrons. The van der Waals surface area contributed by atoms with Gasteiger partial charge in [-0.25, -0.2) is 5.09 Å². The lowest BCUT2D eigenvalue weighted by Crippen LogP contribution is -2.50. The summed E-state index contributed by atoms with van der Waals surface area (Å²) in [6.07, 6.45) is 16.0. The molecule has 5 rings (SSSR count). The van der Waals surface area contributed by atoms with Crippen LogP contribution in [0.2, 0.25) is 0 Å². The molecule has 2 fully saturated rings. The van der Waals surface area contributed by atoms with Gasteiger partial charge >= 0.3 is 5.97 Å². The van der Waals surface area contributed by atoms with Gasteiger partial charge in [-0.2, -0.15) is 0 Å². The summed E-state index contributed by atoms with van der Waals surface area (Å²) in [6, 6.07) is 3.53. The Morgan fingerprint density at radius 1 is 1.18 bits per heavy atom. The summed E-state index contributed by atoms with van der Waals surface area (Å²) in [5.41, 5.74) is 4.60. The van der Waals surface area contributed by atoms with E-state index in [-0.39, 0.29) is 29.9 Å². The monoisotopic (exact) mass is 556 g/mol. The van der Waals surface area contributed by atoms with Crippen LogP contribution in [0.3, 0.4) is 0 Å². The van der Waals surface area contributed by atoms with Crippen molar-refractivity contribution in [2.24, 2.45) is 28.6 Å². The van der Waals surface area contributed by atoms with Gasteiger partial charge in [-0.15, -0.1) is 0 Å². The third kappa shape index (κ3) is 5.32. The van der Waals surface area contributed by atoms with Gasteiger partial charge in [-0.1, -0.05) is 37.6 Å². The Kier molecular flexibility index (Phi) is 8.28. The lowest BCUT2D eigenvalue weighted by atomic mass is 9.47. The smallest absolute Gasteiger partial charge is 0.323 e. The zero-order valence-corrected chi connectivity index (χ0v) is 25.0. The average molecular weight is 557 g/mol. The number of hydrogen-bond donors (Lipinski definition) is 1. The van der Waals surface area contributed by atoms with Crippen LogP contribution in [0.15, 0.2) is 42.3 Å². The molecule has 1 unspecified atom stereocenters. The van der Waals surface area contributed by atoms with Crippen molar-refractivity contribution in [1.29, 1.82) is 0 Å². The zero-order chi connectivity index (χ0) is 27.8. The highest BCUT2D eigenvalue weighted by Gasteiger charge is 2.57. The molecule has 2 saturated carbocycles. The summed E-state index contributed by atoms with van der Waals surface area (Å²) in [7, 11) is -1.89. The predicted octanol–water partition coefficient (Wildman–Crippen LogP) is 6.76. The molecule has 4 aliphatic rings. The Balaban J connectivity index is 1.29. The van der Waals surface area contributed by atoms with Crippen LogP contribution in [0.5, 0.6) is 0 Å². The molecule has 8 atom stereocenters. The van der Waals surface area contributed by atoms with Crippen LogP contribution in [0.4, 0.5) is 0 Å². The van der Waals surface area contributed by atoms with Crippen molar-refractivity contribution in [3.8, 4) is 0 Å². The molecule has 7 nitrogen and oxygen atoms in total. The Hall–Kier alpha value is -1.79. The van der Waals surface area contributed by atoms with E-state index >= 15 is 0 Å². The number of pyridine rings is 1. The summed E-state index contributed by atoms with van der Waals surface area (Å²) in [5, 5.41) is 2.90. The second-order valence-corrected chi connectivity index (χ2v) is 14.5. The van der Waals surface area contributed by atoms with E-state index in [2.05, 4.69) is 42.1 Å². The normalized spacial score (nSPS) is 35.9. The maximum absolute atomic E-state index is 13.7.